The van der Waals surface area contributed by atoms with Crippen molar-refractivity contribution in [3.63, 3.8) is 0 Å². The number of halogens is 2. The van der Waals surface area contributed by atoms with Crippen molar-refractivity contribution in [2.45, 2.75) is 25.7 Å². The number of hydrogen-bond acceptors (Lipinski definition) is 4. The molecule has 1 fully saturated rings. The zero-order chi connectivity index (χ0) is 14.7. The number of Topliss-reactive ketones (excluding diaryl/α,β-unsaturated/α-hetero) is 1. The van der Waals surface area contributed by atoms with Crippen molar-refractivity contribution in [1.29, 1.82) is 0 Å². The summed E-state index contributed by atoms with van der Waals surface area (Å²) in [5.41, 5.74) is -0.293. The standard InChI is InChI=1S/C13H13Cl2NO4/c14-9-5-11(16(18)19)13(6-10(9)15)20-7-12(17)8-3-1-2-4-8/h5-6,8H,1-4,7H2. The van der Waals surface area contributed by atoms with Crippen LogP contribution in [0.2, 0.25) is 10.0 Å². The highest BCUT2D eigenvalue weighted by molar-refractivity contribution is 6.42. The lowest BCUT2D eigenvalue weighted by Crippen LogP contribution is -2.19. The molecule has 0 radical (unpaired) electrons. The van der Waals surface area contributed by atoms with E-state index in [2.05, 4.69) is 0 Å². The first kappa shape index (κ1) is 15.1. The van der Waals surface area contributed by atoms with Gasteiger partial charge in [0.05, 0.1) is 15.0 Å². The molecule has 1 aromatic carbocycles. The van der Waals surface area contributed by atoms with Gasteiger partial charge in [-0.25, -0.2) is 0 Å². The van der Waals surface area contributed by atoms with Crippen LogP contribution in [0.3, 0.4) is 0 Å². The average Bonchev–Trinajstić information content (AvgIpc) is 2.93. The van der Waals surface area contributed by atoms with Gasteiger partial charge in [0, 0.05) is 18.1 Å². The van der Waals surface area contributed by atoms with E-state index in [0.717, 1.165) is 31.7 Å². The molecule has 1 saturated carbocycles. The molecule has 5 nitrogen and oxygen atoms in total. The summed E-state index contributed by atoms with van der Waals surface area (Å²) in [6.45, 7) is -0.177. The van der Waals surface area contributed by atoms with Gasteiger partial charge >= 0.3 is 5.69 Å². The van der Waals surface area contributed by atoms with Gasteiger partial charge in [-0.1, -0.05) is 36.0 Å². The van der Waals surface area contributed by atoms with Crippen LogP contribution in [-0.2, 0) is 4.79 Å². The van der Waals surface area contributed by atoms with Gasteiger partial charge in [-0.3, -0.25) is 14.9 Å². The lowest BCUT2D eigenvalue weighted by atomic mass is 10.0. The van der Waals surface area contributed by atoms with Crippen LogP contribution in [0.1, 0.15) is 25.7 Å². The van der Waals surface area contributed by atoms with E-state index in [1.165, 1.54) is 6.07 Å². The van der Waals surface area contributed by atoms with Crippen molar-refractivity contribution in [1.82, 2.24) is 0 Å². The van der Waals surface area contributed by atoms with Crippen molar-refractivity contribution in [2.75, 3.05) is 6.61 Å². The first-order chi connectivity index (χ1) is 9.49. The summed E-state index contributed by atoms with van der Waals surface area (Å²) >= 11 is 11.6. The summed E-state index contributed by atoms with van der Waals surface area (Å²) in [5, 5.41) is 11.2. The van der Waals surface area contributed by atoms with Crippen LogP contribution in [0.5, 0.6) is 5.75 Å². The molecule has 0 aliphatic heterocycles. The van der Waals surface area contributed by atoms with E-state index in [4.69, 9.17) is 27.9 Å². The maximum absolute atomic E-state index is 11.9. The van der Waals surface area contributed by atoms with Crippen LogP contribution < -0.4 is 4.74 Å². The van der Waals surface area contributed by atoms with E-state index >= 15 is 0 Å². The Morgan fingerprint density at radius 2 is 1.90 bits per heavy atom. The Morgan fingerprint density at radius 1 is 1.30 bits per heavy atom. The maximum Gasteiger partial charge on any atom is 0.312 e. The molecule has 0 spiro atoms. The average molecular weight is 318 g/mol. The van der Waals surface area contributed by atoms with Crippen molar-refractivity contribution in [2.24, 2.45) is 5.92 Å². The fourth-order valence-electron chi connectivity index (χ4n) is 2.29. The molecular weight excluding hydrogens is 305 g/mol. The fraction of sp³-hybridized carbons (Fsp3) is 0.462. The number of benzene rings is 1. The summed E-state index contributed by atoms with van der Waals surface area (Å²) in [6, 6.07) is 2.39. The second-order valence-corrected chi connectivity index (χ2v) is 5.54. The number of nitrogens with zero attached hydrogens (tertiary/aromatic N) is 1. The molecule has 0 aromatic heterocycles. The van der Waals surface area contributed by atoms with Crippen LogP contribution in [0.15, 0.2) is 12.1 Å². The number of hydrogen-bond donors (Lipinski definition) is 0. The van der Waals surface area contributed by atoms with Gasteiger partial charge in [0.15, 0.2) is 11.5 Å². The molecule has 1 aliphatic rings. The third kappa shape index (κ3) is 3.41. The summed E-state index contributed by atoms with van der Waals surface area (Å²) < 4.78 is 5.27. The minimum atomic E-state index is -0.614. The molecule has 0 heterocycles. The zero-order valence-corrected chi connectivity index (χ0v) is 12.1. The first-order valence-electron chi connectivity index (χ1n) is 6.28. The quantitative estimate of drug-likeness (QED) is 0.607. The number of carbonyl (C=O) groups is 1. The van der Waals surface area contributed by atoms with E-state index < -0.39 is 4.92 Å². The van der Waals surface area contributed by atoms with E-state index in [1.807, 2.05) is 0 Å². The molecule has 0 amide bonds. The lowest BCUT2D eigenvalue weighted by molar-refractivity contribution is -0.385. The highest BCUT2D eigenvalue weighted by Crippen LogP contribution is 2.36. The minimum absolute atomic E-state index is 0.0110. The third-order valence-electron chi connectivity index (χ3n) is 3.38. The van der Waals surface area contributed by atoms with E-state index in [1.54, 1.807) is 0 Å². The molecule has 1 aliphatic carbocycles. The summed E-state index contributed by atoms with van der Waals surface area (Å²) in [6.07, 6.45) is 3.82. The van der Waals surface area contributed by atoms with Gasteiger partial charge in [-0.2, -0.15) is 0 Å². The lowest BCUT2D eigenvalue weighted by Gasteiger charge is -2.10. The van der Waals surface area contributed by atoms with Crippen LogP contribution in [0, 0.1) is 16.0 Å². The molecular formula is C13H13Cl2NO4. The second-order valence-electron chi connectivity index (χ2n) is 4.73. The molecule has 0 unspecified atom stereocenters. The number of ether oxygens (including phenoxy) is 1. The van der Waals surface area contributed by atoms with Crippen molar-refractivity contribution < 1.29 is 14.5 Å². The fourth-order valence-corrected chi connectivity index (χ4v) is 2.60. The predicted molar refractivity (Wildman–Crippen MR) is 75.6 cm³/mol. The Balaban J connectivity index is 2.10. The van der Waals surface area contributed by atoms with Gasteiger partial charge in [-0.15, -0.1) is 0 Å². The van der Waals surface area contributed by atoms with Crippen LogP contribution in [-0.4, -0.2) is 17.3 Å². The summed E-state index contributed by atoms with van der Waals surface area (Å²) in [5.74, 6) is -0.0459. The van der Waals surface area contributed by atoms with Gasteiger partial charge in [0.25, 0.3) is 0 Å². The molecule has 0 bridgehead atoms. The minimum Gasteiger partial charge on any atom is -0.479 e. The SMILES string of the molecule is O=C(COc1cc(Cl)c(Cl)cc1[N+](=O)[O-])C1CCCC1. The number of ketones is 1. The third-order valence-corrected chi connectivity index (χ3v) is 4.10. The summed E-state index contributed by atoms with van der Waals surface area (Å²) in [4.78, 5) is 22.2. The van der Waals surface area contributed by atoms with Crippen molar-refractivity contribution >= 4 is 34.7 Å². The monoisotopic (exact) mass is 317 g/mol. The smallest absolute Gasteiger partial charge is 0.312 e. The molecule has 1 aromatic rings. The Bertz CT molecular complexity index is 541. The number of nitro groups is 1. The largest absolute Gasteiger partial charge is 0.479 e. The molecule has 2 rings (SSSR count). The molecule has 0 saturated heterocycles. The maximum atomic E-state index is 11.9. The van der Waals surface area contributed by atoms with Crippen LogP contribution in [0.25, 0.3) is 0 Å². The highest BCUT2D eigenvalue weighted by Gasteiger charge is 2.24. The van der Waals surface area contributed by atoms with Crippen molar-refractivity contribution in [3.05, 3.63) is 32.3 Å². The predicted octanol–water partition coefficient (Wildman–Crippen LogP) is 4.04. The van der Waals surface area contributed by atoms with Crippen LogP contribution in [0.4, 0.5) is 5.69 Å². The first-order valence-corrected chi connectivity index (χ1v) is 7.03. The number of rotatable bonds is 5. The number of carbonyl (C=O) groups excluding carboxylic acids is 1. The van der Waals surface area contributed by atoms with E-state index in [-0.39, 0.29) is 39.8 Å². The van der Waals surface area contributed by atoms with Gasteiger partial charge in [0.2, 0.25) is 0 Å². The molecule has 108 valence electrons. The van der Waals surface area contributed by atoms with E-state index in [9.17, 15) is 14.9 Å². The van der Waals surface area contributed by atoms with Gasteiger partial charge in [-0.05, 0) is 12.8 Å². The molecule has 20 heavy (non-hydrogen) atoms. The summed E-state index contributed by atoms with van der Waals surface area (Å²) in [7, 11) is 0. The van der Waals surface area contributed by atoms with Gasteiger partial charge in [0.1, 0.15) is 6.61 Å². The highest BCUT2D eigenvalue weighted by atomic mass is 35.5. The Hall–Kier alpha value is -1.33. The molecule has 0 atom stereocenters. The van der Waals surface area contributed by atoms with Crippen molar-refractivity contribution in [3.8, 4) is 5.75 Å². The normalized spacial score (nSPS) is 15.3. The van der Waals surface area contributed by atoms with Gasteiger partial charge < -0.3 is 4.74 Å². The second kappa shape index (κ2) is 6.41. The topological polar surface area (TPSA) is 69.4 Å². The molecule has 0 N–H and O–H groups in total. The zero-order valence-electron chi connectivity index (χ0n) is 10.6. The van der Waals surface area contributed by atoms with Crippen LogP contribution >= 0.6 is 23.2 Å². The molecule has 7 heteroatoms. The number of nitro benzene ring substituents is 1. The Kier molecular flexibility index (Phi) is 4.83. The Morgan fingerprint density at radius 3 is 2.50 bits per heavy atom. The van der Waals surface area contributed by atoms with E-state index in [0.29, 0.717) is 0 Å². The Labute approximate surface area is 126 Å².